The molecule has 2 saturated heterocycles. The van der Waals surface area contributed by atoms with E-state index in [2.05, 4.69) is 0 Å². The van der Waals surface area contributed by atoms with Gasteiger partial charge in [-0.25, -0.2) is 0 Å². The normalized spacial score (nSPS) is 36.4. The summed E-state index contributed by atoms with van der Waals surface area (Å²) in [6, 6.07) is 5.04. The van der Waals surface area contributed by atoms with E-state index in [0.717, 1.165) is 0 Å². The molecule has 8 nitrogen and oxygen atoms in total. The minimum absolute atomic E-state index is 0.0190. The number of hydrogen-bond acceptors (Lipinski definition) is 8. The van der Waals surface area contributed by atoms with Crippen molar-refractivity contribution in [3.63, 3.8) is 0 Å². The van der Waals surface area contributed by atoms with Gasteiger partial charge in [0.05, 0.1) is 26.9 Å². The number of hydrogen-bond donors (Lipinski definition) is 4. The minimum atomic E-state index is -1.34. The second-order valence-electron chi connectivity index (χ2n) is 6.00. The summed E-state index contributed by atoms with van der Waals surface area (Å²) in [6.45, 7) is -0.546. The first-order chi connectivity index (χ1) is 11.5. The summed E-state index contributed by atoms with van der Waals surface area (Å²) in [7, 11) is 3.01. The van der Waals surface area contributed by atoms with E-state index in [-0.39, 0.29) is 6.42 Å². The highest BCUT2D eigenvalue weighted by molar-refractivity contribution is 5.44. The van der Waals surface area contributed by atoms with Crippen molar-refractivity contribution in [2.75, 3.05) is 20.8 Å². The average Bonchev–Trinajstić information content (AvgIpc) is 2.95. The molecule has 1 aromatic carbocycles. The molecular weight excluding hydrogens is 320 g/mol. The van der Waals surface area contributed by atoms with E-state index in [1.807, 2.05) is 0 Å². The van der Waals surface area contributed by atoms with Crippen LogP contribution in [0.3, 0.4) is 0 Å². The molecule has 6 atom stereocenters. The predicted molar refractivity (Wildman–Crippen MR) is 80.7 cm³/mol. The second-order valence-corrected chi connectivity index (χ2v) is 6.00. The van der Waals surface area contributed by atoms with Gasteiger partial charge in [0.1, 0.15) is 24.4 Å². The van der Waals surface area contributed by atoms with Gasteiger partial charge in [0, 0.05) is 12.0 Å². The third-order valence-electron chi connectivity index (χ3n) is 4.58. The van der Waals surface area contributed by atoms with Crippen LogP contribution in [0.25, 0.3) is 0 Å². The molecule has 2 fully saturated rings. The van der Waals surface area contributed by atoms with E-state index >= 15 is 0 Å². The topological polar surface area (TPSA) is 118 Å². The molecule has 2 bridgehead atoms. The molecule has 1 aromatic rings. The lowest BCUT2D eigenvalue weighted by atomic mass is 9.91. The van der Waals surface area contributed by atoms with Crippen LogP contribution in [0.1, 0.15) is 12.0 Å². The van der Waals surface area contributed by atoms with Gasteiger partial charge in [0.25, 0.3) is 0 Å². The zero-order valence-corrected chi connectivity index (χ0v) is 13.5. The molecule has 24 heavy (non-hydrogen) atoms. The zero-order chi connectivity index (χ0) is 17.5. The van der Waals surface area contributed by atoms with Crippen LogP contribution in [0.2, 0.25) is 0 Å². The fraction of sp³-hybridized carbons (Fsp3) is 0.625. The zero-order valence-electron chi connectivity index (χ0n) is 13.5. The first-order valence-corrected chi connectivity index (χ1v) is 7.69. The van der Waals surface area contributed by atoms with E-state index in [1.165, 1.54) is 14.2 Å². The molecule has 2 aliphatic heterocycles. The van der Waals surface area contributed by atoms with Crippen LogP contribution in [0.15, 0.2) is 18.2 Å². The van der Waals surface area contributed by atoms with Crippen molar-refractivity contribution in [2.45, 2.75) is 42.7 Å². The molecule has 0 amide bonds. The van der Waals surface area contributed by atoms with Gasteiger partial charge in [-0.3, -0.25) is 0 Å². The Kier molecular flexibility index (Phi) is 4.69. The number of fused-ring (bicyclic) bond motifs is 2. The van der Waals surface area contributed by atoms with E-state index in [1.54, 1.807) is 18.2 Å². The summed E-state index contributed by atoms with van der Waals surface area (Å²) in [6.07, 6.45) is -5.48. The van der Waals surface area contributed by atoms with Gasteiger partial charge in [0.2, 0.25) is 0 Å². The van der Waals surface area contributed by atoms with Crippen molar-refractivity contribution in [3.8, 4) is 11.5 Å². The first kappa shape index (κ1) is 17.4. The van der Waals surface area contributed by atoms with Crippen LogP contribution in [0.4, 0.5) is 0 Å². The monoisotopic (exact) mass is 342 g/mol. The molecule has 0 spiro atoms. The van der Waals surface area contributed by atoms with Crippen molar-refractivity contribution < 1.29 is 39.4 Å². The maximum Gasteiger partial charge on any atom is 0.198 e. The molecule has 0 aromatic heterocycles. The van der Waals surface area contributed by atoms with Crippen LogP contribution in [0, 0.1) is 0 Å². The van der Waals surface area contributed by atoms with Gasteiger partial charge < -0.3 is 39.4 Å². The Morgan fingerprint density at radius 2 is 1.92 bits per heavy atom. The van der Waals surface area contributed by atoms with Crippen molar-refractivity contribution in [2.24, 2.45) is 0 Å². The standard InChI is InChI=1S/C16H22O8/c1-21-11-4-3-8(5-12(11)22-2)16-6-9(18)13(20)15(24-16)14(23-16)10(19)7-17/h3-5,9-10,13-15,17-20H,6-7H2,1-2H3/t9-,10-,13?,14?,15?,16-/m1/s1. The first-order valence-electron chi connectivity index (χ1n) is 7.69. The Labute approximate surface area is 139 Å². The summed E-state index contributed by atoms with van der Waals surface area (Å²) < 4.78 is 22.2. The highest BCUT2D eigenvalue weighted by Gasteiger charge is 2.59. The number of benzene rings is 1. The largest absolute Gasteiger partial charge is 0.493 e. The summed E-state index contributed by atoms with van der Waals surface area (Å²) in [5.41, 5.74) is 0.559. The van der Waals surface area contributed by atoms with Crippen molar-refractivity contribution in [3.05, 3.63) is 23.8 Å². The van der Waals surface area contributed by atoms with Gasteiger partial charge >= 0.3 is 0 Å². The summed E-state index contributed by atoms with van der Waals surface area (Å²) >= 11 is 0. The van der Waals surface area contributed by atoms with Gasteiger partial charge in [-0.1, -0.05) is 0 Å². The number of rotatable bonds is 5. The average molecular weight is 342 g/mol. The molecule has 3 rings (SSSR count). The molecule has 0 aliphatic carbocycles. The lowest BCUT2D eigenvalue weighted by molar-refractivity contribution is -0.247. The third kappa shape index (κ3) is 2.65. The molecule has 134 valence electrons. The maximum absolute atomic E-state index is 10.2. The van der Waals surface area contributed by atoms with Gasteiger partial charge in [-0.15, -0.1) is 0 Å². The Bertz CT molecular complexity index is 593. The molecule has 4 N–H and O–H groups in total. The molecule has 8 heteroatoms. The molecule has 0 radical (unpaired) electrons. The number of methoxy groups -OCH3 is 2. The second kappa shape index (κ2) is 6.47. The van der Waals surface area contributed by atoms with E-state index in [9.17, 15) is 20.4 Å². The van der Waals surface area contributed by atoms with E-state index < -0.39 is 42.9 Å². The lowest BCUT2D eigenvalue weighted by Gasteiger charge is -2.37. The van der Waals surface area contributed by atoms with Crippen LogP contribution in [-0.2, 0) is 15.3 Å². The molecule has 2 heterocycles. The number of aliphatic hydroxyl groups excluding tert-OH is 4. The Hall–Kier alpha value is -1.42. The summed E-state index contributed by atoms with van der Waals surface area (Å²) in [5, 5.41) is 39.5. The Balaban J connectivity index is 2.00. The van der Waals surface area contributed by atoms with Crippen LogP contribution < -0.4 is 9.47 Å². The third-order valence-corrected chi connectivity index (χ3v) is 4.58. The Morgan fingerprint density at radius 1 is 1.21 bits per heavy atom. The molecule has 3 unspecified atom stereocenters. The van der Waals surface area contributed by atoms with Crippen molar-refractivity contribution in [1.82, 2.24) is 0 Å². The van der Waals surface area contributed by atoms with Crippen LogP contribution in [-0.4, -0.2) is 71.8 Å². The molecular formula is C16H22O8. The lowest BCUT2D eigenvalue weighted by Crippen LogP contribution is -2.51. The fourth-order valence-corrected chi connectivity index (χ4v) is 3.31. The minimum Gasteiger partial charge on any atom is -0.493 e. The smallest absolute Gasteiger partial charge is 0.198 e. The van der Waals surface area contributed by atoms with Gasteiger partial charge in [0.15, 0.2) is 17.3 Å². The highest BCUT2D eigenvalue weighted by Crippen LogP contribution is 2.49. The number of ether oxygens (including phenoxy) is 4. The van der Waals surface area contributed by atoms with Crippen molar-refractivity contribution >= 4 is 0 Å². The van der Waals surface area contributed by atoms with Crippen LogP contribution in [0.5, 0.6) is 11.5 Å². The van der Waals surface area contributed by atoms with E-state index in [0.29, 0.717) is 17.1 Å². The molecule has 2 aliphatic rings. The number of aliphatic hydroxyl groups is 4. The van der Waals surface area contributed by atoms with Crippen molar-refractivity contribution in [1.29, 1.82) is 0 Å². The fourth-order valence-electron chi connectivity index (χ4n) is 3.31. The highest BCUT2D eigenvalue weighted by atomic mass is 16.8. The predicted octanol–water partition coefficient (Wildman–Crippen LogP) is -0.881. The quantitative estimate of drug-likeness (QED) is 0.545. The van der Waals surface area contributed by atoms with Gasteiger partial charge in [-0.05, 0) is 18.2 Å². The van der Waals surface area contributed by atoms with E-state index in [4.69, 9.17) is 18.9 Å². The Morgan fingerprint density at radius 3 is 2.54 bits per heavy atom. The van der Waals surface area contributed by atoms with Gasteiger partial charge in [-0.2, -0.15) is 0 Å². The SMILES string of the molecule is COc1ccc([C@@]23C[C@@H](O)C(O)C(O2)C([C@H](O)CO)O3)cc1OC. The summed E-state index contributed by atoms with van der Waals surface area (Å²) in [4.78, 5) is 0. The maximum atomic E-state index is 10.2. The van der Waals surface area contributed by atoms with Crippen LogP contribution >= 0.6 is 0 Å². The molecule has 0 saturated carbocycles. The summed E-state index contributed by atoms with van der Waals surface area (Å²) in [5.74, 6) is -0.362.